The van der Waals surface area contributed by atoms with E-state index in [1.165, 1.54) is 22.4 Å². The van der Waals surface area contributed by atoms with Gasteiger partial charge in [-0.3, -0.25) is 9.77 Å². The molecule has 2 N–H and O–H groups in total. The molecule has 48 valence electrons. The third kappa shape index (κ3) is 1.09. The largest absolute Gasteiger partial charge is 0.349 e. The summed E-state index contributed by atoms with van der Waals surface area (Å²) in [5.74, 6) is 0. The van der Waals surface area contributed by atoms with E-state index < -0.39 is 6.03 Å². The number of carbonyl (C=O) groups is 1. The SMILES string of the molecule is O=C(NO)n1cccc1. The zero-order valence-corrected chi connectivity index (χ0v) is 4.61. The Bertz CT molecular complexity index is 193. The van der Waals surface area contributed by atoms with Gasteiger partial charge in [0.05, 0.1) is 0 Å². The van der Waals surface area contributed by atoms with Crippen LogP contribution in [0.3, 0.4) is 0 Å². The van der Waals surface area contributed by atoms with Crippen LogP contribution in [0.4, 0.5) is 4.79 Å². The van der Waals surface area contributed by atoms with Gasteiger partial charge in [0.2, 0.25) is 0 Å². The fourth-order valence-corrected chi connectivity index (χ4v) is 0.528. The van der Waals surface area contributed by atoms with Crippen LogP contribution in [0.5, 0.6) is 0 Å². The van der Waals surface area contributed by atoms with Gasteiger partial charge in [-0.05, 0) is 12.1 Å². The summed E-state index contributed by atoms with van der Waals surface area (Å²) >= 11 is 0. The Morgan fingerprint density at radius 2 is 2.00 bits per heavy atom. The summed E-state index contributed by atoms with van der Waals surface area (Å²) < 4.78 is 1.22. The summed E-state index contributed by atoms with van der Waals surface area (Å²) in [5, 5.41) is 8.09. The zero-order chi connectivity index (χ0) is 6.69. The lowest BCUT2D eigenvalue weighted by molar-refractivity contribution is 0.163. The lowest BCUT2D eigenvalue weighted by atomic mass is 10.7. The van der Waals surface area contributed by atoms with Gasteiger partial charge < -0.3 is 0 Å². The summed E-state index contributed by atoms with van der Waals surface area (Å²) in [7, 11) is 0. The first-order valence-electron chi connectivity index (χ1n) is 2.42. The van der Waals surface area contributed by atoms with Crippen LogP contribution >= 0.6 is 0 Å². The molecule has 0 spiro atoms. The molecule has 1 aromatic rings. The molecule has 4 nitrogen and oxygen atoms in total. The second-order valence-electron chi connectivity index (χ2n) is 1.51. The van der Waals surface area contributed by atoms with Crippen LogP contribution < -0.4 is 5.48 Å². The number of hydrogen-bond donors (Lipinski definition) is 2. The summed E-state index contributed by atoms with van der Waals surface area (Å²) in [6, 6.07) is 2.82. The smallest absolute Gasteiger partial charge is 0.287 e. The van der Waals surface area contributed by atoms with Crippen LogP contribution in [0.25, 0.3) is 0 Å². The highest BCUT2D eigenvalue weighted by Gasteiger charge is 1.96. The maximum atomic E-state index is 10.5. The lowest BCUT2D eigenvalue weighted by Crippen LogP contribution is -2.23. The van der Waals surface area contributed by atoms with E-state index in [-0.39, 0.29) is 0 Å². The van der Waals surface area contributed by atoms with Crippen LogP contribution in [0.1, 0.15) is 0 Å². The van der Waals surface area contributed by atoms with Crippen molar-refractivity contribution >= 4 is 6.03 Å². The molecule has 0 aliphatic carbocycles. The molecule has 0 fully saturated rings. The van der Waals surface area contributed by atoms with E-state index in [1.54, 1.807) is 12.1 Å². The fourth-order valence-electron chi connectivity index (χ4n) is 0.528. The first kappa shape index (κ1) is 5.84. The minimum Gasteiger partial charge on any atom is -0.287 e. The third-order valence-electron chi connectivity index (χ3n) is 0.935. The van der Waals surface area contributed by atoms with Gasteiger partial charge in [0.15, 0.2) is 0 Å². The quantitative estimate of drug-likeness (QED) is 0.391. The lowest BCUT2D eigenvalue weighted by Gasteiger charge is -1.95. The Labute approximate surface area is 51.7 Å². The summed E-state index contributed by atoms with van der Waals surface area (Å²) in [6.45, 7) is 0. The second kappa shape index (κ2) is 2.32. The standard InChI is InChI=1S/C5H6N2O2/c8-5(6-9)7-3-1-2-4-7/h1-4,9H,(H,6,8). The van der Waals surface area contributed by atoms with Crippen molar-refractivity contribution in [1.82, 2.24) is 10.0 Å². The van der Waals surface area contributed by atoms with Gasteiger partial charge in [0, 0.05) is 12.4 Å². The van der Waals surface area contributed by atoms with Crippen LogP contribution in [0, 0.1) is 0 Å². The number of carbonyl (C=O) groups excluding carboxylic acids is 1. The van der Waals surface area contributed by atoms with Crippen molar-refractivity contribution in [3.8, 4) is 0 Å². The second-order valence-corrected chi connectivity index (χ2v) is 1.51. The Morgan fingerprint density at radius 1 is 1.44 bits per heavy atom. The van der Waals surface area contributed by atoms with Crippen molar-refractivity contribution in [2.24, 2.45) is 0 Å². The van der Waals surface area contributed by atoms with Crippen LogP contribution in [-0.2, 0) is 0 Å². The molecular weight excluding hydrogens is 120 g/mol. The molecule has 0 aromatic carbocycles. The molecule has 4 heteroatoms. The van der Waals surface area contributed by atoms with Gasteiger partial charge in [-0.1, -0.05) is 0 Å². The highest BCUT2D eigenvalue weighted by molar-refractivity contribution is 5.75. The minimum atomic E-state index is -0.556. The Morgan fingerprint density at radius 3 is 2.44 bits per heavy atom. The highest BCUT2D eigenvalue weighted by Crippen LogP contribution is 1.86. The van der Waals surface area contributed by atoms with Crippen molar-refractivity contribution < 1.29 is 10.0 Å². The monoisotopic (exact) mass is 126 g/mol. The number of hydroxylamine groups is 1. The third-order valence-corrected chi connectivity index (χ3v) is 0.935. The molecule has 0 radical (unpaired) electrons. The topological polar surface area (TPSA) is 54.3 Å². The predicted molar refractivity (Wildman–Crippen MR) is 30.1 cm³/mol. The molecule has 0 saturated carbocycles. The number of rotatable bonds is 0. The van der Waals surface area contributed by atoms with E-state index in [9.17, 15) is 4.79 Å². The van der Waals surface area contributed by atoms with Crippen molar-refractivity contribution in [2.45, 2.75) is 0 Å². The first-order chi connectivity index (χ1) is 4.34. The Balaban J connectivity index is 2.77. The van der Waals surface area contributed by atoms with Crippen molar-refractivity contribution in [2.75, 3.05) is 0 Å². The summed E-state index contributed by atoms with van der Waals surface area (Å²) in [5.41, 5.74) is 1.49. The maximum Gasteiger partial charge on any atom is 0.349 e. The van der Waals surface area contributed by atoms with Crippen LogP contribution in [0.2, 0.25) is 0 Å². The van der Waals surface area contributed by atoms with Gasteiger partial charge in [-0.15, -0.1) is 0 Å². The van der Waals surface area contributed by atoms with Crippen molar-refractivity contribution in [3.05, 3.63) is 24.5 Å². The molecule has 0 saturated heterocycles. The predicted octanol–water partition coefficient (Wildman–Crippen LogP) is 0.435. The molecule has 1 rings (SSSR count). The van der Waals surface area contributed by atoms with Gasteiger partial charge in [0.25, 0.3) is 0 Å². The van der Waals surface area contributed by atoms with Crippen molar-refractivity contribution in [3.63, 3.8) is 0 Å². The Kier molecular flexibility index (Phi) is 1.51. The number of hydrogen-bond acceptors (Lipinski definition) is 2. The number of amides is 1. The highest BCUT2D eigenvalue weighted by atomic mass is 16.5. The van der Waals surface area contributed by atoms with E-state index in [2.05, 4.69) is 0 Å². The average Bonchev–Trinajstić information content (AvgIpc) is 2.37. The minimum absolute atomic E-state index is 0.556. The molecule has 0 aliphatic heterocycles. The Hall–Kier alpha value is -1.29. The molecule has 1 aromatic heterocycles. The van der Waals surface area contributed by atoms with Crippen LogP contribution in [-0.4, -0.2) is 15.8 Å². The summed E-state index contributed by atoms with van der Waals surface area (Å²) in [6.07, 6.45) is 3.07. The maximum absolute atomic E-state index is 10.5. The molecule has 0 unspecified atom stereocenters. The van der Waals surface area contributed by atoms with Crippen molar-refractivity contribution in [1.29, 1.82) is 0 Å². The zero-order valence-electron chi connectivity index (χ0n) is 4.61. The van der Waals surface area contributed by atoms with Gasteiger partial charge in [-0.2, -0.15) is 0 Å². The van der Waals surface area contributed by atoms with E-state index >= 15 is 0 Å². The molecule has 1 heterocycles. The van der Waals surface area contributed by atoms with Gasteiger partial charge in [0.1, 0.15) is 0 Å². The summed E-state index contributed by atoms with van der Waals surface area (Å²) in [4.78, 5) is 10.5. The molecule has 0 atom stereocenters. The van der Waals surface area contributed by atoms with Crippen LogP contribution in [0.15, 0.2) is 24.5 Å². The molecular formula is C5H6N2O2. The van der Waals surface area contributed by atoms with E-state index in [4.69, 9.17) is 5.21 Å². The number of aromatic nitrogens is 1. The number of nitrogens with zero attached hydrogens (tertiary/aromatic N) is 1. The number of nitrogens with one attached hydrogen (secondary N) is 1. The molecule has 0 bridgehead atoms. The van der Waals surface area contributed by atoms with E-state index in [0.29, 0.717) is 0 Å². The van der Waals surface area contributed by atoms with Gasteiger partial charge in [-0.25, -0.2) is 10.3 Å². The first-order valence-corrected chi connectivity index (χ1v) is 2.42. The molecule has 1 amide bonds. The normalized spacial score (nSPS) is 9.00. The van der Waals surface area contributed by atoms with E-state index in [1.807, 2.05) is 0 Å². The molecule has 0 aliphatic rings. The van der Waals surface area contributed by atoms with Gasteiger partial charge >= 0.3 is 6.03 Å². The molecule has 9 heavy (non-hydrogen) atoms. The van der Waals surface area contributed by atoms with E-state index in [0.717, 1.165) is 0 Å². The average molecular weight is 126 g/mol. The fraction of sp³-hybridized carbons (Fsp3) is 0.